The molecule has 0 aliphatic carbocycles. The van der Waals surface area contributed by atoms with Gasteiger partial charge in [0.25, 0.3) is 5.91 Å². The second-order valence-electron chi connectivity index (χ2n) is 5.33. The Morgan fingerprint density at radius 1 is 1.29 bits per heavy atom. The standard InChI is InChI=1S/C15H17FN4O4/c1-3-17-13(23)18-11(21)8-20-12(22)15(2,19-14(20)24)9-6-4-5-7-10(9)16/h4-7H,3,8H2,1-2H3,(H,19,24)(H2,17,18,21,23). The fourth-order valence-corrected chi connectivity index (χ4v) is 2.40. The van der Waals surface area contributed by atoms with Gasteiger partial charge in [0.05, 0.1) is 0 Å². The maximum absolute atomic E-state index is 14.0. The Hall–Kier alpha value is -2.97. The first-order chi connectivity index (χ1) is 11.3. The van der Waals surface area contributed by atoms with Crippen molar-refractivity contribution >= 4 is 23.9 Å². The number of carbonyl (C=O) groups excluding carboxylic acids is 4. The molecule has 1 saturated heterocycles. The first-order valence-electron chi connectivity index (χ1n) is 7.26. The molecule has 0 spiro atoms. The van der Waals surface area contributed by atoms with Gasteiger partial charge in [-0.1, -0.05) is 18.2 Å². The van der Waals surface area contributed by atoms with E-state index in [1.54, 1.807) is 6.92 Å². The molecule has 6 amide bonds. The lowest BCUT2D eigenvalue weighted by Gasteiger charge is -2.22. The molecule has 128 valence electrons. The molecular formula is C15H17FN4O4. The second kappa shape index (κ2) is 6.65. The van der Waals surface area contributed by atoms with Crippen LogP contribution in [0.25, 0.3) is 0 Å². The summed E-state index contributed by atoms with van der Waals surface area (Å²) in [6.07, 6.45) is 0. The highest BCUT2D eigenvalue weighted by atomic mass is 19.1. The Balaban J connectivity index is 2.16. The summed E-state index contributed by atoms with van der Waals surface area (Å²) in [6.45, 7) is 2.69. The summed E-state index contributed by atoms with van der Waals surface area (Å²) in [5.41, 5.74) is -1.62. The monoisotopic (exact) mass is 336 g/mol. The Morgan fingerprint density at radius 3 is 2.58 bits per heavy atom. The predicted molar refractivity (Wildman–Crippen MR) is 81.2 cm³/mol. The summed E-state index contributed by atoms with van der Waals surface area (Å²) in [4.78, 5) is 48.3. The molecule has 1 aromatic rings. The van der Waals surface area contributed by atoms with Gasteiger partial charge in [0, 0.05) is 12.1 Å². The lowest BCUT2D eigenvalue weighted by Crippen LogP contribution is -2.47. The number of hydrogen-bond acceptors (Lipinski definition) is 4. The van der Waals surface area contributed by atoms with E-state index in [-0.39, 0.29) is 5.56 Å². The highest BCUT2D eigenvalue weighted by Crippen LogP contribution is 2.30. The fourth-order valence-electron chi connectivity index (χ4n) is 2.40. The van der Waals surface area contributed by atoms with E-state index < -0.39 is 41.8 Å². The molecule has 0 saturated carbocycles. The number of hydrogen-bond donors (Lipinski definition) is 3. The van der Waals surface area contributed by atoms with Gasteiger partial charge >= 0.3 is 12.1 Å². The van der Waals surface area contributed by atoms with E-state index in [0.717, 1.165) is 0 Å². The zero-order chi connectivity index (χ0) is 17.9. The molecule has 9 heteroatoms. The Kier molecular flexibility index (Phi) is 4.82. The van der Waals surface area contributed by atoms with Crippen LogP contribution in [0, 0.1) is 5.82 Å². The molecule has 8 nitrogen and oxygen atoms in total. The minimum absolute atomic E-state index is 0.00464. The van der Waals surface area contributed by atoms with Gasteiger partial charge in [0.1, 0.15) is 17.9 Å². The molecule has 0 bridgehead atoms. The Bertz CT molecular complexity index is 708. The molecule has 1 fully saturated rings. The van der Waals surface area contributed by atoms with Gasteiger partial charge in [-0.05, 0) is 19.9 Å². The summed E-state index contributed by atoms with van der Waals surface area (Å²) in [5, 5.41) is 6.73. The van der Waals surface area contributed by atoms with Crippen LogP contribution in [-0.4, -0.2) is 41.9 Å². The topological polar surface area (TPSA) is 108 Å². The first-order valence-corrected chi connectivity index (χ1v) is 7.26. The molecule has 1 aromatic carbocycles. The smallest absolute Gasteiger partial charge is 0.325 e. The molecule has 1 aliphatic heterocycles. The van der Waals surface area contributed by atoms with Crippen molar-refractivity contribution in [2.75, 3.05) is 13.1 Å². The van der Waals surface area contributed by atoms with Crippen molar-refractivity contribution in [2.45, 2.75) is 19.4 Å². The van der Waals surface area contributed by atoms with E-state index in [2.05, 4.69) is 10.6 Å². The van der Waals surface area contributed by atoms with E-state index in [1.807, 2.05) is 5.32 Å². The van der Waals surface area contributed by atoms with Crippen molar-refractivity contribution in [3.8, 4) is 0 Å². The number of amides is 6. The van der Waals surface area contributed by atoms with Gasteiger partial charge in [-0.3, -0.25) is 19.8 Å². The summed E-state index contributed by atoms with van der Waals surface area (Å²) < 4.78 is 14.0. The number of benzene rings is 1. The van der Waals surface area contributed by atoms with Crippen molar-refractivity contribution in [3.63, 3.8) is 0 Å². The number of carbonyl (C=O) groups is 4. The van der Waals surface area contributed by atoms with Crippen LogP contribution >= 0.6 is 0 Å². The minimum Gasteiger partial charge on any atom is -0.338 e. The van der Waals surface area contributed by atoms with Gasteiger partial charge < -0.3 is 10.6 Å². The van der Waals surface area contributed by atoms with Crippen LogP contribution in [0.4, 0.5) is 14.0 Å². The minimum atomic E-state index is -1.62. The van der Waals surface area contributed by atoms with Crippen molar-refractivity contribution < 1.29 is 23.6 Å². The van der Waals surface area contributed by atoms with Crippen LogP contribution in [0.15, 0.2) is 24.3 Å². The van der Waals surface area contributed by atoms with E-state index in [9.17, 15) is 23.6 Å². The number of halogens is 1. The third kappa shape index (κ3) is 3.19. The lowest BCUT2D eigenvalue weighted by atomic mass is 9.91. The highest BCUT2D eigenvalue weighted by molar-refractivity contribution is 6.10. The van der Waals surface area contributed by atoms with E-state index in [1.165, 1.54) is 31.2 Å². The van der Waals surface area contributed by atoms with Crippen LogP contribution in [0.3, 0.4) is 0 Å². The molecule has 1 aliphatic rings. The Morgan fingerprint density at radius 2 is 1.96 bits per heavy atom. The highest BCUT2D eigenvalue weighted by Gasteiger charge is 2.50. The summed E-state index contributed by atoms with van der Waals surface area (Å²) in [7, 11) is 0. The zero-order valence-corrected chi connectivity index (χ0v) is 13.2. The summed E-state index contributed by atoms with van der Waals surface area (Å²) in [5.74, 6) is -2.26. The molecule has 0 radical (unpaired) electrons. The van der Waals surface area contributed by atoms with Gasteiger partial charge in [-0.15, -0.1) is 0 Å². The fraction of sp³-hybridized carbons (Fsp3) is 0.333. The van der Waals surface area contributed by atoms with E-state index >= 15 is 0 Å². The zero-order valence-electron chi connectivity index (χ0n) is 13.2. The van der Waals surface area contributed by atoms with Crippen molar-refractivity contribution in [1.82, 2.24) is 20.9 Å². The van der Waals surface area contributed by atoms with Crippen LogP contribution < -0.4 is 16.0 Å². The quantitative estimate of drug-likeness (QED) is 0.693. The van der Waals surface area contributed by atoms with Crippen LogP contribution in [0.1, 0.15) is 19.4 Å². The lowest BCUT2D eigenvalue weighted by molar-refractivity contribution is -0.134. The summed E-state index contributed by atoms with van der Waals surface area (Å²) in [6, 6.07) is 3.98. The van der Waals surface area contributed by atoms with Gasteiger partial charge in [0.2, 0.25) is 5.91 Å². The van der Waals surface area contributed by atoms with Crippen LogP contribution in [0.2, 0.25) is 0 Å². The van der Waals surface area contributed by atoms with Gasteiger partial charge in [-0.25, -0.2) is 14.0 Å². The second-order valence-corrected chi connectivity index (χ2v) is 5.33. The van der Waals surface area contributed by atoms with Gasteiger partial charge in [0.15, 0.2) is 0 Å². The number of rotatable bonds is 4. The van der Waals surface area contributed by atoms with Crippen molar-refractivity contribution in [1.29, 1.82) is 0 Å². The molecule has 2 rings (SSSR count). The van der Waals surface area contributed by atoms with Crippen LogP contribution in [-0.2, 0) is 15.1 Å². The molecule has 1 unspecified atom stereocenters. The van der Waals surface area contributed by atoms with E-state index in [4.69, 9.17) is 0 Å². The van der Waals surface area contributed by atoms with Crippen LogP contribution in [0.5, 0.6) is 0 Å². The third-order valence-corrected chi connectivity index (χ3v) is 3.58. The molecule has 0 aromatic heterocycles. The Labute approximate surface area is 137 Å². The normalized spacial score (nSPS) is 19.9. The van der Waals surface area contributed by atoms with Gasteiger partial charge in [-0.2, -0.15) is 0 Å². The predicted octanol–water partition coefficient (Wildman–Crippen LogP) is 0.438. The maximum Gasteiger partial charge on any atom is 0.325 e. The maximum atomic E-state index is 14.0. The average molecular weight is 336 g/mol. The number of urea groups is 2. The number of nitrogens with zero attached hydrogens (tertiary/aromatic N) is 1. The number of imide groups is 2. The molecule has 24 heavy (non-hydrogen) atoms. The summed E-state index contributed by atoms with van der Waals surface area (Å²) >= 11 is 0. The molecule has 1 atom stereocenters. The molecular weight excluding hydrogens is 319 g/mol. The molecule has 3 N–H and O–H groups in total. The van der Waals surface area contributed by atoms with Crippen molar-refractivity contribution in [3.05, 3.63) is 35.6 Å². The number of nitrogens with one attached hydrogen (secondary N) is 3. The average Bonchev–Trinajstić information content (AvgIpc) is 2.72. The molecule has 1 heterocycles. The largest absolute Gasteiger partial charge is 0.338 e. The SMILES string of the molecule is CCNC(=O)NC(=O)CN1C(=O)NC(C)(c2ccccc2F)C1=O. The van der Waals surface area contributed by atoms with Crippen molar-refractivity contribution in [2.24, 2.45) is 0 Å². The van der Waals surface area contributed by atoms with E-state index in [0.29, 0.717) is 11.4 Å². The first kappa shape index (κ1) is 17.4. The third-order valence-electron chi connectivity index (χ3n) is 3.58.